The van der Waals surface area contributed by atoms with Gasteiger partial charge in [0.25, 0.3) is 0 Å². The molecule has 0 saturated heterocycles. The predicted molar refractivity (Wildman–Crippen MR) is 61.0 cm³/mol. The monoisotopic (exact) mass is 240 g/mol. The molecule has 0 spiro atoms. The highest BCUT2D eigenvalue weighted by atomic mass is 35.5. The van der Waals surface area contributed by atoms with Crippen LogP contribution in [0.1, 0.15) is 5.56 Å². The van der Waals surface area contributed by atoms with Crippen LogP contribution in [0.3, 0.4) is 0 Å². The summed E-state index contributed by atoms with van der Waals surface area (Å²) < 4.78 is 10.4. The molecule has 0 saturated carbocycles. The van der Waals surface area contributed by atoms with Gasteiger partial charge in [-0.25, -0.2) is 0 Å². The molecule has 0 radical (unpaired) electrons. The van der Waals surface area contributed by atoms with Gasteiger partial charge in [0, 0.05) is 5.56 Å². The number of ether oxygens (including phenoxy) is 2. The number of rotatable bonds is 2. The molecular formula is C9H9ClN4O2. The first-order valence-corrected chi connectivity index (χ1v) is 4.76. The molecule has 84 valence electrons. The van der Waals surface area contributed by atoms with E-state index in [1.807, 2.05) is 0 Å². The minimum absolute atomic E-state index is 0.108. The molecule has 0 bridgehead atoms. The van der Waals surface area contributed by atoms with Crippen molar-refractivity contribution in [2.45, 2.75) is 0 Å². The van der Waals surface area contributed by atoms with E-state index in [4.69, 9.17) is 32.5 Å². The number of hydrogen-bond acceptors (Lipinski definition) is 4. The third-order valence-corrected chi connectivity index (χ3v) is 2.11. The summed E-state index contributed by atoms with van der Waals surface area (Å²) >= 11 is 5.96. The van der Waals surface area contributed by atoms with Crippen molar-refractivity contribution in [3.8, 4) is 11.5 Å². The summed E-state index contributed by atoms with van der Waals surface area (Å²) in [4.78, 5) is 0. The van der Waals surface area contributed by atoms with Crippen LogP contribution in [0.2, 0.25) is 5.02 Å². The number of fused-ring (bicyclic) bond motifs is 1. The van der Waals surface area contributed by atoms with Crippen LogP contribution in [0.4, 0.5) is 0 Å². The van der Waals surface area contributed by atoms with Gasteiger partial charge >= 0.3 is 0 Å². The maximum Gasteiger partial charge on any atom is 0.231 e. The minimum Gasteiger partial charge on any atom is -0.454 e. The minimum atomic E-state index is -0.108. The molecule has 4 N–H and O–H groups in total. The lowest BCUT2D eigenvalue weighted by Gasteiger charge is -1.99. The van der Waals surface area contributed by atoms with Crippen molar-refractivity contribution in [1.82, 2.24) is 0 Å². The van der Waals surface area contributed by atoms with Crippen LogP contribution in [-0.4, -0.2) is 19.0 Å². The summed E-state index contributed by atoms with van der Waals surface area (Å²) in [6.07, 6.45) is 1.47. The molecule has 16 heavy (non-hydrogen) atoms. The Hall–Kier alpha value is -1.95. The van der Waals surface area contributed by atoms with Crippen molar-refractivity contribution in [2.75, 3.05) is 6.79 Å². The average Bonchev–Trinajstić information content (AvgIpc) is 2.65. The summed E-state index contributed by atoms with van der Waals surface area (Å²) in [6, 6.07) is 3.42. The smallest absolute Gasteiger partial charge is 0.231 e. The van der Waals surface area contributed by atoms with Gasteiger partial charge < -0.3 is 20.9 Å². The largest absolute Gasteiger partial charge is 0.454 e. The number of nitrogens with two attached hydrogens (primary N) is 2. The van der Waals surface area contributed by atoms with E-state index in [2.05, 4.69) is 10.2 Å². The third kappa shape index (κ3) is 2.17. The van der Waals surface area contributed by atoms with Crippen molar-refractivity contribution in [3.63, 3.8) is 0 Å². The first kappa shape index (κ1) is 10.6. The van der Waals surface area contributed by atoms with E-state index < -0.39 is 0 Å². The van der Waals surface area contributed by atoms with Gasteiger partial charge in [-0.1, -0.05) is 11.6 Å². The van der Waals surface area contributed by atoms with E-state index in [1.165, 1.54) is 6.21 Å². The van der Waals surface area contributed by atoms with E-state index in [1.54, 1.807) is 12.1 Å². The van der Waals surface area contributed by atoms with Crippen LogP contribution in [0, 0.1) is 0 Å². The quantitative estimate of drug-likeness (QED) is 0.451. The summed E-state index contributed by atoms with van der Waals surface area (Å²) in [5, 5.41) is 7.59. The van der Waals surface area contributed by atoms with Crippen LogP contribution in [-0.2, 0) is 0 Å². The van der Waals surface area contributed by atoms with Crippen LogP contribution in [0.25, 0.3) is 0 Å². The summed E-state index contributed by atoms with van der Waals surface area (Å²) in [7, 11) is 0. The lowest BCUT2D eigenvalue weighted by atomic mass is 10.2. The molecule has 0 aromatic heterocycles. The van der Waals surface area contributed by atoms with Gasteiger partial charge in [-0.3, -0.25) is 0 Å². The lowest BCUT2D eigenvalue weighted by molar-refractivity contribution is 0.174. The standard InChI is InChI=1S/C9H9ClN4O2/c10-6-1-5(3-13-14-9(11)12)2-7-8(6)16-4-15-7/h1-3H,4H2,(H4,11,12,14)/b13-3-. The van der Waals surface area contributed by atoms with Crippen molar-refractivity contribution in [2.24, 2.45) is 21.7 Å². The van der Waals surface area contributed by atoms with Crippen LogP contribution in [0.5, 0.6) is 11.5 Å². The summed E-state index contributed by atoms with van der Waals surface area (Å²) in [6.45, 7) is 0.170. The lowest BCUT2D eigenvalue weighted by Crippen LogP contribution is -2.21. The highest BCUT2D eigenvalue weighted by Crippen LogP contribution is 2.39. The fourth-order valence-corrected chi connectivity index (χ4v) is 1.50. The molecule has 1 aliphatic heterocycles. The Kier molecular flexibility index (Phi) is 2.82. The molecule has 6 nitrogen and oxygen atoms in total. The van der Waals surface area contributed by atoms with Crippen molar-refractivity contribution >= 4 is 23.8 Å². The zero-order valence-electron chi connectivity index (χ0n) is 8.18. The van der Waals surface area contributed by atoms with E-state index >= 15 is 0 Å². The second-order valence-electron chi connectivity index (χ2n) is 3.01. The van der Waals surface area contributed by atoms with E-state index in [9.17, 15) is 0 Å². The molecule has 1 aromatic rings. The topological polar surface area (TPSA) is 95.2 Å². The number of hydrogen-bond donors (Lipinski definition) is 2. The van der Waals surface area contributed by atoms with Crippen molar-refractivity contribution in [3.05, 3.63) is 22.7 Å². The second-order valence-corrected chi connectivity index (χ2v) is 3.41. The fourth-order valence-electron chi connectivity index (χ4n) is 1.22. The Bertz CT molecular complexity index is 469. The van der Waals surface area contributed by atoms with Crippen LogP contribution in [0.15, 0.2) is 22.3 Å². The molecule has 1 aromatic carbocycles. The maximum atomic E-state index is 5.96. The van der Waals surface area contributed by atoms with Gasteiger partial charge in [0.05, 0.1) is 11.2 Å². The van der Waals surface area contributed by atoms with Crippen LogP contribution >= 0.6 is 11.6 Å². The Morgan fingerprint density at radius 3 is 2.94 bits per heavy atom. The number of guanidine groups is 1. The average molecular weight is 241 g/mol. The molecule has 0 unspecified atom stereocenters. The van der Waals surface area contributed by atoms with Gasteiger partial charge in [-0.15, -0.1) is 5.10 Å². The summed E-state index contributed by atoms with van der Waals surface area (Å²) in [5.74, 6) is 1.02. The predicted octanol–water partition coefficient (Wildman–Crippen LogP) is 0.676. The zero-order valence-corrected chi connectivity index (χ0v) is 8.94. The molecule has 2 rings (SSSR count). The Morgan fingerprint density at radius 2 is 2.19 bits per heavy atom. The first-order valence-electron chi connectivity index (χ1n) is 4.38. The van der Waals surface area contributed by atoms with Gasteiger partial charge in [0.15, 0.2) is 11.5 Å². The molecule has 0 aliphatic carbocycles. The Morgan fingerprint density at radius 1 is 1.38 bits per heavy atom. The normalized spacial score (nSPS) is 13.1. The molecular weight excluding hydrogens is 232 g/mol. The van der Waals surface area contributed by atoms with Crippen molar-refractivity contribution < 1.29 is 9.47 Å². The highest BCUT2D eigenvalue weighted by molar-refractivity contribution is 6.32. The molecule has 7 heteroatoms. The molecule has 0 amide bonds. The number of nitrogens with zero attached hydrogens (tertiary/aromatic N) is 2. The zero-order chi connectivity index (χ0) is 11.5. The van der Waals surface area contributed by atoms with E-state index in [-0.39, 0.29) is 12.8 Å². The van der Waals surface area contributed by atoms with Crippen molar-refractivity contribution in [1.29, 1.82) is 0 Å². The maximum absolute atomic E-state index is 5.96. The fraction of sp³-hybridized carbons (Fsp3) is 0.111. The number of benzene rings is 1. The summed E-state index contributed by atoms with van der Waals surface area (Å²) in [5.41, 5.74) is 11.0. The third-order valence-electron chi connectivity index (χ3n) is 1.83. The van der Waals surface area contributed by atoms with E-state index in [0.717, 1.165) is 5.56 Å². The van der Waals surface area contributed by atoms with Crippen LogP contribution < -0.4 is 20.9 Å². The highest BCUT2D eigenvalue weighted by Gasteiger charge is 2.17. The van der Waals surface area contributed by atoms with Gasteiger partial charge in [0.1, 0.15) is 0 Å². The SMILES string of the molecule is NC(N)=N/N=C\c1cc(Cl)c2c(c1)OCO2. The molecule has 1 heterocycles. The molecule has 0 fully saturated rings. The second kappa shape index (κ2) is 4.28. The first-order chi connectivity index (χ1) is 7.66. The Balaban J connectivity index is 2.27. The van der Waals surface area contributed by atoms with Gasteiger partial charge in [0.2, 0.25) is 12.8 Å². The van der Waals surface area contributed by atoms with Gasteiger partial charge in [-0.05, 0) is 12.1 Å². The van der Waals surface area contributed by atoms with Gasteiger partial charge in [-0.2, -0.15) is 5.10 Å². The molecule has 1 aliphatic rings. The van der Waals surface area contributed by atoms with E-state index in [0.29, 0.717) is 16.5 Å². The number of halogens is 1. The Labute approximate surface area is 96.5 Å². The molecule has 0 atom stereocenters.